The minimum Gasteiger partial charge on any atom is -0.333 e. The second kappa shape index (κ2) is 5.59. The summed E-state index contributed by atoms with van der Waals surface area (Å²) in [5.41, 5.74) is 0.446. The Labute approximate surface area is 104 Å². The Morgan fingerprint density at radius 3 is 2.88 bits per heavy atom. The van der Waals surface area contributed by atoms with E-state index in [0.717, 1.165) is 12.8 Å². The molecule has 0 aliphatic heterocycles. The van der Waals surface area contributed by atoms with Crippen molar-refractivity contribution in [2.24, 2.45) is 0 Å². The van der Waals surface area contributed by atoms with Crippen LogP contribution in [0.4, 0.5) is 0 Å². The highest BCUT2D eigenvalue weighted by atomic mass is 35.5. The largest absolute Gasteiger partial charge is 0.333 e. The quantitative estimate of drug-likeness (QED) is 0.779. The minimum absolute atomic E-state index is 0.0266. The summed E-state index contributed by atoms with van der Waals surface area (Å²) >= 11 is 6.96. The molecular weight excluding hydrogens is 246 g/mol. The third kappa shape index (κ3) is 2.52. The van der Waals surface area contributed by atoms with Crippen LogP contribution in [0.1, 0.15) is 36.2 Å². The smallest absolute Gasteiger partial charge is 0.275 e. The summed E-state index contributed by atoms with van der Waals surface area (Å²) in [4.78, 5) is 14.0. The summed E-state index contributed by atoms with van der Waals surface area (Å²) in [6.45, 7) is 0.600. The van der Waals surface area contributed by atoms with Gasteiger partial charge >= 0.3 is 0 Å². The highest BCUT2D eigenvalue weighted by Gasteiger charge is 2.27. The predicted molar refractivity (Wildman–Crippen MR) is 63.9 cm³/mol. The van der Waals surface area contributed by atoms with Crippen molar-refractivity contribution >= 4 is 29.0 Å². The lowest BCUT2D eigenvalue weighted by Gasteiger charge is -2.27. The second-order valence-electron chi connectivity index (χ2n) is 3.92. The van der Waals surface area contributed by atoms with Crippen LogP contribution in [0.2, 0.25) is 0 Å². The molecule has 88 valence electrons. The molecule has 1 amide bonds. The number of amides is 1. The maximum Gasteiger partial charge on any atom is 0.275 e. The van der Waals surface area contributed by atoms with Gasteiger partial charge in [-0.2, -0.15) is 0 Å². The Morgan fingerprint density at radius 2 is 2.31 bits per heavy atom. The number of aromatic nitrogens is 2. The topological polar surface area (TPSA) is 46.1 Å². The summed E-state index contributed by atoms with van der Waals surface area (Å²) in [5.74, 6) is 0.445. The summed E-state index contributed by atoms with van der Waals surface area (Å²) in [6.07, 6.45) is 4.57. The van der Waals surface area contributed by atoms with Crippen molar-refractivity contribution in [3.8, 4) is 0 Å². The molecule has 0 unspecified atom stereocenters. The molecular formula is C10H14ClN3OS. The third-order valence-corrected chi connectivity index (χ3v) is 3.60. The molecule has 1 aliphatic rings. The van der Waals surface area contributed by atoms with Gasteiger partial charge in [-0.25, -0.2) is 0 Å². The first kappa shape index (κ1) is 11.8. The highest BCUT2D eigenvalue weighted by molar-refractivity contribution is 7.03. The van der Waals surface area contributed by atoms with Crippen LogP contribution in [0.15, 0.2) is 5.38 Å². The van der Waals surface area contributed by atoms with Gasteiger partial charge in [-0.3, -0.25) is 4.79 Å². The van der Waals surface area contributed by atoms with Crippen molar-refractivity contribution in [3.63, 3.8) is 0 Å². The van der Waals surface area contributed by atoms with Crippen LogP contribution in [0, 0.1) is 0 Å². The number of halogens is 1. The molecule has 0 bridgehead atoms. The number of hydrogen-bond acceptors (Lipinski definition) is 4. The maximum absolute atomic E-state index is 12.2. The molecule has 6 heteroatoms. The number of nitrogens with zero attached hydrogens (tertiary/aromatic N) is 3. The van der Waals surface area contributed by atoms with Gasteiger partial charge in [0.15, 0.2) is 5.69 Å². The lowest BCUT2D eigenvalue weighted by molar-refractivity contribution is 0.0689. The molecule has 1 saturated carbocycles. The van der Waals surface area contributed by atoms with Gasteiger partial charge in [0.05, 0.1) is 0 Å². The maximum atomic E-state index is 12.2. The first-order valence-corrected chi connectivity index (χ1v) is 6.84. The van der Waals surface area contributed by atoms with Crippen LogP contribution >= 0.6 is 23.1 Å². The van der Waals surface area contributed by atoms with Crippen molar-refractivity contribution in [2.75, 3.05) is 12.4 Å². The fraction of sp³-hybridized carbons (Fsp3) is 0.700. The Morgan fingerprint density at radius 1 is 1.56 bits per heavy atom. The van der Waals surface area contributed by atoms with Gasteiger partial charge < -0.3 is 4.90 Å². The van der Waals surface area contributed by atoms with E-state index in [4.69, 9.17) is 11.6 Å². The highest BCUT2D eigenvalue weighted by Crippen LogP contribution is 2.24. The van der Waals surface area contributed by atoms with Crippen molar-refractivity contribution in [2.45, 2.75) is 31.7 Å². The number of alkyl halides is 1. The van der Waals surface area contributed by atoms with Gasteiger partial charge in [-0.05, 0) is 24.4 Å². The lowest BCUT2D eigenvalue weighted by Crippen LogP contribution is -2.40. The van der Waals surface area contributed by atoms with Crippen molar-refractivity contribution in [3.05, 3.63) is 11.1 Å². The Bertz CT molecular complexity index is 338. The van der Waals surface area contributed by atoms with Crippen LogP contribution in [-0.4, -0.2) is 38.9 Å². The molecule has 4 nitrogen and oxygen atoms in total. The summed E-state index contributed by atoms with van der Waals surface area (Å²) in [7, 11) is 0. The van der Waals surface area contributed by atoms with E-state index in [1.165, 1.54) is 24.4 Å². The fourth-order valence-corrected chi connectivity index (χ4v) is 2.77. The second-order valence-corrected chi connectivity index (χ2v) is 4.90. The zero-order chi connectivity index (χ0) is 11.4. The number of carbonyl (C=O) groups excluding carboxylic acids is 1. The predicted octanol–water partition coefficient (Wildman–Crippen LogP) is 2.16. The van der Waals surface area contributed by atoms with E-state index in [2.05, 4.69) is 9.59 Å². The van der Waals surface area contributed by atoms with E-state index in [0.29, 0.717) is 24.2 Å². The molecule has 0 saturated heterocycles. The summed E-state index contributed by atoms with van der Waals surface area (Å²) in [5, 5.41) is 5.52. The molecule has 1 fully saturated rings. The van der Waals surface area contributed by atoms with Crippen LogP contribution in [-0.2, 0) is 0 Å². The zero-order valence-corrected chi connectivity index (χ0v) is 10.5. The van der Waals surface area contributed by atoms with Crippen LogP contribution < -0.4 is 0 Å². The SMILES string of the molecule is O=C(c1csnn1)N(CCCl)C1CCCC1. The van der Waals surface area contributed by atoms with E-state index < -0.39 is 0 Å². The molecule has 0 spiro atoms. The van der Waals surface area contributed by atoms with Crippen LogP contribution in [0.25, 0.3) is 0 Å². The van der Waals surface area contributed by atoms with Gasteiger partial charge in [0.25, 0.3) is 5.91 Å². The van der Waals surface area contributed by atoms with E-state index in [1.807, 2.05) is 4.90 Å². The molecule has 1 heterocycles. The van der Waals surface area contributed by atoms with Gasteiger partial charge in [0, 0.05) is 23.8 Å². The fourth-order valence-electron chi connectivity index (χ4n) is 2.16. The molecule has 0 N–H and O–H groups in total. The van der Waals surface area contributed by atoms with Crippen molar-refractivity contribution < 1.29 is 4.79 Å². The summed E-state index contributed by atoms with van der Waals surface area (Å²) < 4.78 is 3.72. The van der Waals surface area contributed by atoms with E-state index in [9.17, 15) is 4.79 Å². The Balaban J connectivity index is 2.09. The molecule has 2 rings (SSSR count). The van der Waals surface area contributed by atoms with E-state index >= 15 is 0 Å². The van der Waals surface area contributed by atoms with Gasteiger partial charge in [0.2, 0.25) is 0 Å². The first-order chi connectivity index (χ1) is 7.83. The Hall–Kier alpha value is -0.680. The first-order valence-electron chi connectivity index (χ1n) is 5.47. The molecule has 1 aromatic rings. The molecule has 0 radical (unpaired) electrons. The van der Waals surface area contributed by atoms with Gasteiger partial charge in [-0.1, -0.05) is 17.3 Å². The van der Waals surface area contributed by atoms with E-state index in [-0.39, 0.29) is 5.91 Å². The third-order valence-electron chi connectivity index (χ3n) is 2.93. The lowest BCUT2D eigenvalue weighted by atomic mass is 10.2. The summed E-state index contributed by atoms with van der Waals surface area (Å²) in [6, 6.07) is 0.341. The monoisotopic (exact) mass is 259 g/mol. The molecule has 0 atom stereocenters. The number of carbonyl (C=O) groups is 1. The van der Waals surface area contributed by atoms with Crippen LogP contribution in [0.3, 0.4) is 0 Å². The van der Waals surface area contributed by atoms with Crippen molar-refractivity contribution in [1.29, 1.82) is 0 Å². The minimum atomic E-state index is -0.0266. The number of rotatable bonds is 4. The molecule has 1 aliphatic carbocycles. The Kier molecular flexibility index (Phi) is 4.12. The molecule has 1 aromatic heterocycles. The molecule has 0 aromatic carbocycles. The van der Waals surface area contributed by atoms with E-state index in [1.54, 1.807) is 5.38 Å². The average molecular weight is 260 g/mol. The zero-order valence-electron chi connectivity index (χ0n) is 8.93. The standard InChI is InChI=1S/C10H14ClN3OS/c11-5-6-14(8-3-1-2-4-8)10(15)9-7-16-13-12-9/h7-8H,1-6H2. The van der Waals surface area contributed by atoms with Crippen LogP contribution in [0.5, 0.6) is 0 Å². The van der Waals surface area contributed by atoms with Gasteiger partial charge in [-0.15, -0.1) is 16.7 Å². The average Bonchev–Trinajstić information content (AvgIpc) is 2.96. The normalized spacial score (nSPS) is 16.6. The van der Waals surface area contributed by atoms with Crippen molar-refractivity contribution in [1.82, 2.24) is 14.5 Å². The number of hydrogen-bond donors (Lipinski definition) is 0. The van der Waals surface area contributed by atoms with Gasteiger partial charge in [0.1, 0.15) is 0 Å². The molecule has 16 heavy (non-hydrogen) atoms.